The highest BCUT2D eigenvalue weighted by Gasteiger charge is 2.14. The van der Waals surface area contributed by atoms with Gasteiger partial charge in [0.25, 0.3) is 10.0 Å². The SMILES string of the molecule is CC(C)Oc1ccc(NS(=O)(=O)c2ccnc(N)c2)cc1. The average molecular weight is 307 g/mol. The molecule has 0 saturated heterocycles. The largest absolute Gasteiger partial charge is 0.491 e. The minimum atomic E-state index is -3.68. The van der Waals surface area contributed by atoms with Crippen molar-refractivity contribution >= 4 is 21.5 Å². The third-order valence-corrected chi connectivity index (χ3v) is 3.92. The molecular formula is C14H17N3O3S. The Labute approximate surface area is 124 Å². The molecule has 0 aliphatic rings. The molecule has 1 aromatic heterocycles. The molecule has 112 valence electrons. The van der Waals surface area contributed by atoms with E-state index >= 15 is 0 Å². The van der Waals surface area contributed by atoms with E-state index in [-0.39, 0.29) is 16.8 Å². The number of nitrogens with one attached hydrogen (secondary N) is 1. The van der Waals surface area contributed by atoms with E-state index in [2.05, 4.69) is 9.71 Å². The highest BCUT2D eigenvalue weighted by atomic mass is 32.2. The van der Waals surface area contributed by atoms with Crippen molar-refractivity contribution in [3.05, 3.63) is 42.6 Å². The molecule has 0 spiro atoms. The van der Waals surface area contributed by atoms with E-state index in [1.807, 2.05) is 13.8 Å². The first-order valence-corrected chi connectivity index (χ1v) is 7.86. The number of nitrogens with zero attached hydrogens (tertiary/aromatic N) is 1. The summed E-state index contributed by atoms with van der Waals surface area (Å²) in [7, 11) is -3.68. The molecule has 2 rings (SSSR count). The minimum Gasteiger partial charge on any atom is -0.491 e. The zero-order valence-electron chi connectivity index (χ0n) is 11.8. The van der Waals surface area contributed by atoms with Gasteiger partial charge in [-0.25, -0.2) is 13.4 Å². The van der Waals surface area contributed by atoms with Crippen LogP contribution in [-0.2, 0) is 10.0 Å². The van der Waals surface area contributed by atoms with Gasteiger partial charge in [0.05, 0.1) is 11.0 Å². The lowest BCUT2D eigenvalue weighted by atomic mass is 10.3. The second-order valence-corrected chi connectivity index (χ2v) is 6.40. The smallest absolute Gasteiger partial charge is 0.262 e. The Morgan fingerprint density at radius 1 is 1.19 bits per heavy atom. The molecule has 0 amide bonds. The standard InChI is InChI=1S/C14H17N3O3S/c1-10(2)20-12-5-3-11(4-6-12)17-21(18,19)13-7-8-16-14(15)9-13/h3-10,17H,1-2H3,(H2,15,16). The van der Waals surface area contributed by atoms with Crippen molar-refractivity contribution in [1.29, 1.82) is 0 Å². The summed E-state index contributed by atoms with van der Waals surface area (Å²) in [6.07, 6.45) is 1.41. The maximum absolute atomic E-state index is 12.2. The number of hydrogen-bond acceptors (Lipinski definition) is 5. The number of anilines is 2. The Kier molecular flexibility index (Phi) is 4.32. The van der Waals surface area contributed by atoms with Crippen LogP contribution in [0.3, 0.4) is 0 Å². The lowest BCUT2D eigenvalue weighted by Gasteiger charge is -2.11. The maximum Gasteiger partial charge on any atom is 0.262 e. The van der Waals surface area contributed by atoms with Gasteiger partial charge in [0.15, 0.2) is 0 Å². The van der Waals surface area contributed by atoms with Crippen molar-refractivity contribution < 1.29 is 13.2 Å². The fourth-order valence-electron chi connectivity index (χ4n) is 1.68. The fourth-order valence-corrected chi connectivity index (χ4v) is 2.76. The van der Waals surface area contributed by atoms with Crippen LogP contribution in [0, 0.1) is 0 Å². The van der Waals surface area contributed by atoms with Gasteiger partial charge >= 0.3 is 0 Å². The average Bonchev–Trinajstić information content (AvgIpc) is 2.40. The Balaban J connectivity index is 2.17. The van der Waals surface area contributed by atoms with Crippen LogP contribution in [0.1, 0.15) is 13.8 Å². The predicted octanol–water partition coefficient (Wildman–Crippen LogP) is 2.25. The highest BCUT2D eigenvalue weighted by molar-refractivity contribution is 7.92. The molecule has 0 fully saturated rings. The zero-order valence-corrected chi connectivity index (χ0v) is 12.6. The van der Waals surface area contributed by atoms with Crippen LogP contribution in [-0.4, -0.2) is 19.5 Å². The quantitative estimate of drug-likeness (QED) is 0.883. The van der Waals surface area contributed by atoms with Crippen molar-refractivity contribution in [3.63, 3.8) is 0 Å². The van der Waals surface area contributed by atoms with Crippen LogP contribution < -0.4 is 15.2 Å². The van der Waals surface area contributed by atoms with E-state index in [0.717, 1.165) is 0 Å². The summed E-state index contributed by atoms with van der Waals surface area (Å²) in [5, 5.41) is 0. The highest BCUT2D eigenvalue weighted by Crippen LogP contribution is 2.20. The summed E-state index contributed by atoms with van der Waals surface area (Å²) in [4.78, 5) is 3.84. The minimum absolute atomic E-state index is 0.0623. The Morgan fingerprint density at radius 2 is 1.86 bits per heavy atom. The molecule has 6 nitrogen and oxygen atoms in total. The summed E-state index contributed by atoms with van der Waals surface area (Å²) < 4.78 is 32.4. The van der Waals surface area contributed by atoms with Gasteiger partial charge in [-0.15, -0.1) is 0 Å². The summed E-state index contributed by atoms with van der Waals surface area (Å²) >= 11 is 0. The van der Waals surface area contributed by atoms with Crippen molar-refractivity contribution in [2.24, 2.45) is 0 Å². The molecule has 7 heteroatoms. The number of aromatic nitrogens is 1. The molecule has 2 aromatic rings. The first-order chi connectivity index (χ1) is 9.87. The van der Waals surface area contributed by atoms with Crippen molar-refractivity contribution in [3.8, 4) is 5.75 Å². The number of sulfonamides is 1. The molecular weight excluding hydrogens is 290 g/mol. The number of ether oxygens (including phenoxy) is 1. The normalized spacial score (nSPS) is 11.4. The Bertz CT molecular complexity index is 712. The van der Waals surface area contributed by atoms with Crippen LogP contribution in [0.15, 0.2) is 47.5 Å². The molecule has 0 atom stereocenters. The van der Waals surface area contributed by atoms with Gasteiger partial charge in [0.2, 0.25) is 0 Å². The van der Waals surface area contributed by atoms with Crippen LogP contribution in [0.5, 0.6) is 5.75 Å². The van der Waals surface area contributed by atoms with Gasteiger partial charge in [-0.05, 0) is 44.2 Å². The molecule has 0 bridgehead atoms. The summed E-state index contributed by atoms with van der Waals surface area (Å²) in [5.41, 5.74) is 5.94. The first-order valence-electron chi connectivity index (χ1n) is 6.38. The molecule has 0 saturated carbocycles. The monoisotopic (exact) mass is 307 g/mol. The van der Waals surface area contributed by atoms with E-state index in [9.17, 15) is 8.42 Å². The molecule has 0 radical (unpaired) electrons. The summed E-state index contributed by atoms with van der Waals surface area (Å²) in [5.74, 6) is 0.833. The Hall–Kier alpha value is -2.28. The number of nitrogen functional groups attached to an aromatic ring is 1. The lowest BCUT2D eigenvalue weighted by Crippen LogP contribution is -2.13. The Morgan fingerprint density at radius 3 is 2.43 bits per heavy atom. The molecule has 21 heavy (non-hydrogen) atoms. The van der Waals surface area contributed by atoms with E-state index in [1.54, 1.807) is 24.3 Å². The first kappa shape index (κ1) is 15.1. The third-order valence-electron chi connectivity index (χ3n) is 2.54. The van der Waals surface area contributed by atoms with E-state index in [4.69, 9.17) is 10.5 Å². The molecule has 0 aliphatic carbocycles. The van der Waals surface area contributed by atoms with Crippen LogP contribution in [0.4, 0.5) is 11.5 Å². The number of pyridine rings is 1. The molecule has 0 aliphatic heterocycles. The number of rotatable bonds is 5. The van der Waals surface area contributed by atoms with Crippen LogP contribution in [0.2, 0.25) is 0 Å². The van der Waals surface area contributed by atoms with Gasteiger partial charge < -0.3 is 10.5 Å². The number of nitrogens with two attached hydrogens (primary N) is 1. The van der Waals surface area contributed by atoms with Crippen LogP contribution >= 0.6 is 0 Å². The fraction of sp³-hybridized carbons (Fsp3) is 0.214. The van der Waals surface area contributed by atoms with Crippen molar-refractivity contribution in [1.82, 2.24) is 4.98 Å². The molecule has 1 heterocycles. The van der Waals surface area contributed by atoms with E-state index in [0.29, 0.717) is 11.4 Å². The van der Waals surface area contributed by atoms with Gasteiger partial charge in [0.1, 0.15) is 11.6 Å². The van der Waals surface area contributed by atoms with Gasteiger partial charge in [-0.1, -0.05) is 0 Å². The third kappa shape index (κ3) is 4.09. The molecule has 1 aromatic carbocycles. The maximum atomic E-state index is 12.2. The predicted molar refractivity (Wildman–Crippen MR) is 81.7 cm³/mol. The van der Waals surface area contributed by atoms with Gasteiger partial charge in [-0.3, -0.25) is 4.72 Å². The van der Waals surface area contributed by atoms with Crippen molar-refractivity contribution in [2.45, 2.75) is 24.8 Å². The summed E-state index contributed by atoms with van der Waals surface area (Å²) in [6, 6.07) is 9.38. The van der Waals surface area contributed by atoms with Gasteiger partial charge in [-0.2, -0.15) is 0 Å². The van der Waals surface area contributed by atoms with Gasteiger partial charge in [0, 0.05) is 18.0 Å². The van der Waals surface area contributed by atoms with E-state index in [1.165, 1.54) is 18.3 Å². The number of hydrogen-bond donors (Lipinski definition) is 2. The topological polar surface area (TPSA) is 94.3 Å². The van der Waals surface area contributed by atoms with Crippen LogP contribution in [0.25, 0.3) is 0 Å². The molecule has 0 unspecified atom stereocenters. The summed E-state index contributed by atoms with van der Waals surface area (Å²) in [6.45, 7) is 3.84. The number of benzene rings is 1. The second kappa shape index (κ2) is 6.01. The lowest BCUT2D eigenvalue weighted by molar-refractivity contribution is 0.242. The van der Waals surface area contributed by atoms with E-state index < -0.39 is 10.0 Å². The second-order valence-electron chi connectivity index (χ2n) is 4.71. The van der Waals surface area contributed by atoms with Crippen molar-refractivity contribution in [2.75, 3.05) is 10.5 Å². The molecule has 3 N–H and O–H groups in total. The zero-order chi connectivity index (χ0) is 15.5.